The summed E-state index contributed by atoms with van der Waals surface area (Å²) in [5.74, 6) is -2.35. The SMILES string of the molecule is CCS(=O)(=O)N1CCN(c2ccc(-c3cc4nccnc4c(NCC4CNCCC4(F)F)n3)cn2)CC1. The van der Waals surface area contributed by atoms with Crippen LogP contribution in [0.2, 0.25) is 0 Å². The van der Waals surface area contributed by atoms with Crippen LogP contribution in [0, 0.1) is 5.92 Å². The number of piperazine rings is 1. The van der Waals surface area contributed by atoms with E-state index in [1.807, 2.05) is 12.1 Å². The highest BCUT2D eigenvalue weighted by molar-refractivity contribution is 7.89. The zero-order chi connectivity index (χ0) is 26.0. The van der Waals surface area contributed by atoms with Crippen LogP contribution < -0.4 is 15.5 Å². The van der Waals surface area contributed by atoms with E-state index in [1.54, 1.807) is 31.6 Å². The molecule has 2 fully saturated rings. The van der Waals surface area contributed by atoms with E-state index in [4.69, 9.17) is 0 Å². The summed E-state index contributed by atoms with van der Waals surface area (Å²) < 4.78 is 54.4. The van der Waals surface area contributed by atoms with Crippen LogP contribution in [0.1, 0.15) is 13.3 Å². The van der Waals surface area contributed by atoms with E-state index in [2.05, 4.69) is 35.5 Å². The Labute approximate surface area is 214 Å². The Morgan fingerprint density at radius 2 is 1.92 bits per heavy atom. The molecule has 0 aliphatic carbocycles. The Morgan fingerprint density at radius 3 is 2.62 bits per heavy atom. The summed E-state index contributed by atoms with van der Waals surface area (Å²) in [6, 6.07) is 5.57. The maximum Gasteiger partial charge on any atom is 0.255 e. The van der Waals surface area contributed by atoms with E-state index in [-0.39, 0.29) is 25.3 Å². The normalized spacial score (nSPS) is 20.7. The average molecular weight is 533 g/mol. The standard InChI is InChI=1S/C24H30F2N8O2S/c1-2-37(35,36)34-11-9-33(10-12-34)21-4-3-17(14-30-21)19-13-20-22(29-8-7-28-20)23(32-19)31-16-18-15-27-6-5-24(18,25)26/h3-4,7-8,13-14,18,27H,2,5-6,9-12,15-16H2,1H3,(H,31,32). The van der Waals surface area contributed by atoms with Crippen molar-refractivity contribution in [2.24, 2.45) is 5.92 Å². The predicted octanol–water partition coefficient (Wildman–Crippen LogP) is 2.22. The number of sulfonamides is 1. The number of pyridine rings is 2. The number of halogens is 2. The number of nitrogens with zero attached hydrogens (tertiary/aromatic N) is 6. The molecule has 5 heterocycles. The summed E-state index contributed by atoms with van der Waals surface area (Å²) in [4.78, 5) is 20.1. The van der Waals surface area contributed by atoms with E-state index in [0.717, 1.165) is 11.4 Å². The summed E-state index contributed by atoms with van der Waals surface area (Å²) in [6.45, 7) is 4.21. The molecule has 1 atom stereocenters. The lowest BCUT2D eigenvalue weighted by Gasteiger charge is -2.34. The van der Waals surface area contributed by atoms with Gasteiger partial charge in [0, 0.05) is 76.4 Å². The van der Waals surface area contributed by atoms with Gasteiger partial charge in [-0.15, -0.1) is 0 Å². The van der Waals surface area contributed by atoms with Gasteiger partial charge in [-0.2, -0.15) is 4.31 Å². The third kappa shape index (κ3) is 5.48. The van der Waals surface area contributed by atoms with Crippen molar-refractivity contribution in [3.8, 4) is 11.3 Å². The molecule has 2 saturated heterocycles. The second-order valence-corrected chi connectivity index (χ2v) is 11.5. The first-order valence-electron chi connectivity index (χ1n) is 12.4. The molecule has 2 aliphatic heterocycles. The van der Waals surface area contributed by atoms with E-state index < -0.39 is 21.9 Å². The molecule has 0 bridgehead atoms. The molecule has 0 amide bonds. The van der Waals surface area contributed by atoms with Crippen molar-refractivity contribution in [3.63, 3.8) is 0 Å². The molecule has 198 valence electrons. The molecule has 37 heavy (non-hydrogen) atoms. The first-order chi connectivity index (χ1) is 17.8. The van der Waals surface area contributed by atoms with E-state index >= 15 is 0 Å². The van der Waals surface area contributed by atoms with Crippen molar-refractivity contribution in [1.82, 2.24) is 29.6 Å². The highest BCUT2D eigenvalue weighted by Crippen LogP contribution is 2.32. The Balaban J connectivity index is 1.34. The van der Waals surface area contributed by atoms with Gasteiger partial charge in [0.1, 0.15) is 11.3 Å². The first kappa shape index (κ1) is 25.6. The summed E-state index contributed by atoms with van der Waals surface area (Å²) in [5.41, 5.74) is 2.46. The smallest absolute Gasteiger partial charge is 0.255 e. The minimum Gasteiger partial charge on any atom is -0.368 e. The lowest BCUT2D eigenvalue weighted by molar-refractivity contribution is -0.0728. The van der Waals surface area contributed by atoms with Crippen LogP contribution in [0.3, 0.4) is 0 Å². The molecule has 3 aromatic heterocycles. The highest BCUT2D eigenvalue weighted by atomic mass is 32.2. The molecular formula is C24H30F2N8O2S. The molecule has 0 radical (unpaired) electrons. The predicted molar refractivity (Wildman–Crippen MR) is 138 cm³/mol. The van der Waals surface area contributed by atoms with Crippen molar-refractivity contribution in [2.75, 3.05) is 61.8 Å². The van der Waals surface area contributed by atoms with Gasteiger partial charge >= 0.3 is 0 Å². The molecule has 2 aliphatic rings. The summed E-state index contributed by atoms with van der Waals surface area (Å²) >= 11 is 0. The van der Waals surface area contributed by atoms with E-state index in [9.17, 15) is 17.2 Å². The number of hydrogen-bond donors (Lipinski definition) is 2. The number of anilines is 2. The summed E-state index contributed by atoms with van der Waals surface area (Å²) in [7, 11) is -3.19. The number of piperidine rings is 1. The fraction of sp³-hybridized carbons (Fsp3) is 0.500. The largest absolute Gasteiger partial charge is 0.368 e. The van der Waals surface area contributed by atoms with Crippen molar-refractivity contribution in [2.45, 2.75) is 19.3 Å². The third-order valence-electron chi connectivity index (χ3n) is 6.96. The van der Waals surface area contributed by atoms with Crippen molar-refractivity contribution >= 4 is 32.7 Å². The maximum absolute atomic E-state index is 14.3. The number of hydrogen-bond acceptors (Lipinski definition) is 9. The number of fused-ring (bicyclic) bond motifs is 1. The monoisotopic (exact) mass is 532 g/mol. The van der Waals surface area contributed by atoms with Gasteiger partial charge in [-0.3, -0.25) is 4.98 Å². The molecule has 0 spiro atoms. The molecule has 3 aromatic rings. The zero-order valence-electron chi connectivity index (χ0n) is 20.6. The lowest BCUT2D eigenvalue weighted by atomic mass is 9.95. The molecule has 5 rings (SSSR count). The Morgan fingerprint density at radius 1 is 1.14 bits per heavy atom. The van der Waals surface area contributed by atoms with Crippen LogP contribution in [0.15, 0.2) is 36.8 Å². The van der Waals surface area contributed by atoms with Gasteiger partial charge in [0.05, 0.1) is 22.9 Å². The van der Waals surface area contributed by atoms with Gasteiger partial charge in [-0.1, -0.05) is 0 Å². The molecular weight excluding hydrogens is 502 g/mol. The van der Waals surface area contributed by atoms with Crippen LogP contribution in [0.4, 0.5) is 20.4 Å². The second-order valence-electron chi connectivity index (χ2n) is 9.26. The van der Waals surface area contributed by atoms with Gasteiger partial charge in [0.15, 0.2) is 5.82 Å². The topological polar surface area (TPSA) is 116 Å². The van der Waals surface area contributed by atoms with Crippen molar-refractivity contribution < 1.29 is 17.2 Å². The van der Waals surface area contributed by atoms with Gasteiger partial charge in [0.25, 0.3) is 5.92 Å². The molecule has 0 saturated carbocycles. The lowest BCUT2D eigenvalue weighted by Crippen LogP contribution is -2.49. The summed E-state index contributed by atoms with van der Waals surface area (Å²) in [5, 5.41) is 6.12. The molecule has 1 unspecified atom stereocenters. The fourth-order valence-corrected chi connectivity index (χ4v) is 5.76. The average Bonchev–Trinajstić information content (AvgIpc) is 2.92. The quantitative estimate of drug-likeness (QED) is 0.472. The number of rotatable bonds is 7. The zero-order valence-corrected chi connectivity index (χ0v) is 21.4. The molecule has 2 N–H and O–H groups in total. The van der Waals surface area contributed by atoms with Crippen molar-refractivity contribution in [1.29, 1.82) is 0 Å². The number of nitrogens with one attached hydrogen (secondary N) is 2. The van der Waals surface area contributed by atoms with E-state index in [0.29, 0.717) is 55.3 Å². The third-order valence-corrected chi connectivity index (χ3v) is 8.84. The van der Waals surface area contributed by atoms with Crippen molar-refractivity contribution in [3.05, 3.63) is 36.8 Å². The molecule has 0 aromatic carbocycles. The Hall–Kier alpha value is -3.03. The van der Waals surface area contributed by atoms with E-state index in [1.165, 1.54) is 4.31 Å². The number of alkyl halides is 2. The van der Waals surface area contributed by atoms with Gasteiger partial charge in [-0.05, 0) is 25.1 Å². The minimum absolute atomic E-state index is 0.0546. The van der Waals surface area contributed by atoms with Gasteiger partial charge in [0.2, 0.25) is 10.0 Å². The van der Waals surface area contributed by atoms with Crippen LogP contribution in [-0.4, -0.2) is 90.1 Å². The molecule has 13 heteroatoms. The maximum atomic E-state index is 14.3. The Kier molecular flexibility index (Phi) is 7.19. The Bertz CT molecular complexity index is 1350. The minimum atomic E-state index is -3.19. The van der Waals surface area contributed by atoms with Crippen LogP contribution in [0.5, 0.6) is 0 Å². The van der Waals surface area contributed by atoms with Crippen LogP contribution in [-0.2, 0) is 10.0 Å². The fourth-order valence-electron chi connectivity index (χ4n) is 4.67. The van der Waals surface area contributed by atoms with Gasteiger partial charge < -0.3 is 15.5 Å². The van der Waals surface area contributed by atoms with Gasteiger partial charge in [-0.25, -0.2) is 32.2 Å². The second kappa shape index (κ2) is 10.4. The van der Waals surface area contributed by atoms with Crippen LogP contribution in [0.25, 0.3) is 22.3 Å². The molecule has 10 nitrogen and oxygen atoms in total. The number of aromatic nitrogens is 4. The van der Waals surface area contributed by atoms with Crippen LogP contribution >= 0.6 is 0 Å². The summed E-state index contributed by atoms with van der Waals surface area (Å²) in [6.07, 6.45) is 4.65. The highest BCUT2D eigenvalue weighted by Gasteiger charge is 2.41. The first-order valence-corrected chi connectivity index (χ1v) is 14.0.